The summed E-state index contributed by atoms with van der Waals surface area (Å²) in [6.45, 7) is 0.624. The molecule has 10 nitrogen and oxygen atoms in total. The van der Waals surface area contributed by atoms with E-state index in [-0.39, 0.29) is 34.9 Å². The van der Waals surface area contributed by atoms with Crippen molar-refractivity contribution in [2.75, 3.05) is 6.54 Å². The number of rotatable bonds is 6. The Morgan fingerprint density at radius 2 is 1.91 bits per heavy atom. The van der Waals surface area contributed by atoms with Crippen LogP contribution in [0, 0.1) is 0 Å². The number of benzene rings is 1. The predicted octanol–water partition coefficient (Wildman–Crippen LogP) is 5.02. The summed E-state index contributed by atoms with van der Waals surface area (Å²) in [5.74, 6) is -2.88. The molecule has 7 rings (SSSR count). The van der Waals surface area contributed by atoms with Gasteiger partial charge in [-0.2, -0.15) is 0 Å². The lowest BCUT2D eigenvalue weighted by molar-refractivity contribution is -0.148. The van der Waals surface area contributed by atoms with Crippen molar-refractivity contribution >= 4 is 46.7 Å². The van der Waals surface area contributed by atoms with Crippen LogP contribution in [0.2, 0.25) is 0 Å². The van der Waals surface area contributed by atoms with Crippen molar-refractivity contribution in [3.63, 3.8) is 0 Å². The van der Waals surface area contributed by atoms with Gasteiger partial charge in [-0.05, 0) is 85.7 Å². The Hall–Kier alpha value is -3.18. The lowest BCUT2D eigenvalue weighted by atomic mass is 9.97. The van der Waals surface area contributed by atoms with Crippen LogP contribution in [-0.4, -0.2) is 72.5 Å². The molecule has 1 spiro atoms. The molecular weight excluding hydrogens is 618 g/mol. The first-order valence-corrected chi connectivity index (χ1v) is 18.1. The molecular formula is C32H36FN4O6PS. The molecule has 0 radical (unpaired) electrons. The zero-order chi connectivity index (χ0) is 31.5. The number of carbonyl (C=O) groups excluding carboxylic acids is 3. The molecule has 3 amide bonds. The van der Waals surface area contributed by atoms with Crippen LogP contribution in [0.4, 0.5) is 4.39 Å². The summed E-state index contributed by atoms with van der Waals surface area (Å²) in [5, 5.41) is 3.41. The highest BCUT2D eigenvalue weighted by Crippen LogP contribution is 2.55. The molecule has 1 aromatic carbocycles. The summed E-state index contributed by atoms with van der Waals surface area (Å²) in [7, 11) is -4.97. The minimum absolute atomic E-state index is 0.0159. The van der Waals surface area contributed by atoms with Crippen molar-refractivity contribution in [2.45, 2.75) is 93.3 Å². The van der Waals surface area contributed by atoms with Crippen LogP contribution in [0.3, 0.4) is 0 Å². The van der Waals surface area contributed by atoms with E-state index < -0.39 is 31.5 Å². The number of pyridine rings is 1. The van der Waals surface area contributed by atoms with Crippen molar-refractivity contribution in [2.24, 2.45) is 0 Å². The van der Waals surface area contributed by atoms with E-state index in [4.69, 9.17) is 0 Å². The Bertz CT molecular complexity index is 1690. The van der Waals surface area contributed by atoms with Crippen LogP contribution < -0.4 is 5.32 Å². The van der Waals surface area contributed by atoms with Gasteiger partial charge in [-0.3, -0.25) is 23.9 Å². The van der Waals surface area contributed by atoms with E-state index >= 15 is 0 Å². The molecule has 13 heteroatoms. The number of hydrogen-bond acceptors (Lipinski definition) is 6. The molecule has 1 saturated carbocycles. The first-order chi connectivity index (χ1) is 21.5. The third-order valence-corrected chi connectivity index (χ3v) is 12.1. The van der Waals surface area contributed by atoms with Gasteiger partial charge in [0.1, 0.15) is 12.1 Å². The summed E-state index contributed by atoms with van der Waals surface area (Å²) in [6.07, 6.45) is 10.8. The highest BCUT2D eigenvalue weighted by atomic mass is 32.1. The van der Waals surface area contributed by atoms with Crippen molar-refractivity contribution in [3.8, 4) is 0 Å². The van der Waals surface area contributed by atoms with E-state index in [1.807, 2.05) is 17.2 Å². The number of thiophene rings is 1. The maximum Gasteiger partial charge on any atom is 0.363 e. The number of aromatic nitrogens is 1. The third-order valence-electron chi connectivity index (χ3n) is 10.1. The molecule has 0 bridgehead atoms. The van der Waals surface area contributed by atoms with Gasteiger partial charge >= 0.3 is 7.60 Å². The lowest BCUT2D eigenvalue weighted by Crippen LogP contribution is -2.57. The van der Waals surface area contributed by atoms with Gasteiger partial charge in [0.2, 0.25) is 17.7 Å². The number of carbonyl (C=O) groups is 3. The second-order valence-electron chi connectivity index (χ2n) is 13.0. The third kappa shape index (κ3) is 5.71. The fourth-order valence-electron chi connectivity index (χ4n) is 7.66. The fraction of sp³-hybridized carbons (Fsp3) is 0.500. The number of alkyl halides is 1. The first-order valence-electron chi connectivity index (χ1n) is 15.6. The highest BCUT2D eigenvalue weighted by molar-refractivity contribution is 7.51. The lowest BCUT2D eigenvalue weighted by Gasteiger charge is -2.37. The number of hydrogen-bond donors (Lipinski definition) is 3. The normalized spacial score (nSPS) is 26.9. The number of amides is 3. The van der Waals surface area contributed by atoms with E-state index in [0.29, 0.717) is 34.3 Å². The van der Waals surface area contributed by atoms with Gasteiger partial charge in [-0.1, -0.05) is 25.0 Å². The second-order valence-corrected chi connectivity index (χ2v) is 15.7. The zero-order valence-corrected chi connectivity index (χ0v) is 26.4. The predicted molar refractivity (Wildman–Crippen MR) is 166 cm³/mol. The van der Waals surface area contributed by atoms with Gasteiger partial charge in [0.15, 0.2) is 0 Å². The molecule has 238 valence electrons. The molecule has 2 aromatic heterocycles. The summed E-state index contributed by atoms with van der Waals surface area (Å²) >= 11 is 1.16. The Kier molecular flexibility index (Phi) is 7.83. The molecule has 5 atom stereocenters. The fourth-order valence-corrected chi connectivity index (χ4v) is 9.16. The van der Waals surface area contributed by atoms with E-state index in [0.717, 1.165) is 61.8 Å². The minimum atomic E-state index is -4.97. The number of fused-ring (bicyclic) bond motifs is 2. The summed E-state index contributed by atoms with van der Waals surface area (Å²) in [4.78, 5) is 68.7. The number of likely N-dealkylation sites (tertiary alicyclic amines) is 1. The first kappa shape index (κ1) is 30.5. The monoisotopic (exact) mass is 654 g/mol. The summed E-state index contributed by atoms with van der Waals surface area (Å²) in [5.41, 5.74) is 0.838. The molecule has 3 aliphatic heterocycles. The second kappa shape index (κ2) is 11.6. The smallest absolute Gasteiger partial charge is 0.340 e. The molecule has 5 heterocycles. The van der Waals surface area contributed by atoms with Crippen LogP contribution in [0.25, 0.3) is 10.1 Å². The Morgan fingerprint density at radius 1 is 1.11 bits per heavy atom. The van der Waals surface area contributed by atoms with Gasteiger partial charge < -0.3 is 24.9 Å². The van der Waals surface area contributed by atoms with Crippen LogP contribution in [0.5, 0.6) is 0 Å². The van der Waals surface area contributed by atoms with Crippen LogP contribution in [0.1, 0.15) is 90.4 Å². The number of halogens is 1. The van der Waals surface area contributed by atoms with Gasteiger partial charge in [0, 0.05) is 41.1 Å². The van der Waals surface area contributed by atoms with Crippen molar-refractivity contribution in [1.82, 2.24) is 20.1 Å². The summed E-state index contributed by atoms with van der Waals surface area (Å²) < 4.78 is 26.3. The van der Waals surface area contributed by atoms with Crippen LogP contribution >= 0.6 is 18.9 Å². The zero-order valence-electron chi connectivity index (χ0n) is 24.7. The standard InChI is InChI=1S/C32H36FN4O6PS/c33-28(44(41,42)43)19-7-10-26-21(14-19)15-27(45-26)29(38)35-24-6-2-1-5-23-8-9-25(37(23)30(24)39)31(40)36-18-22(16-32(36)11-12-32)20-4-3-13-34-17-20/h3-4,7,10,13-15,17,22-25,28H,1-2,5-6,8-9,11-12,16,18H2,(H,35,38)(H2,41,42,43)/t22-,23+,24?,25+,28-/m1/s1. The van der Waals surface area contributed by atoms with Gasteiger partial charge in [-0.15, -0.1) is 11.3 Å². The average molecular weight is 655 g/mol. The highest BCUT2D eigenvalue weighted by Gasteiger charge is 2.58. The van der Waals surface area contributed by atoms with Crippen molar-refractivity contribution in [1.29, 1.82) is 0 Å². The summed E-state index contributed by atoms with van der Waals surface area (Å²) in [6, 6.07) is 8.35. The molecule has 1 unspecified atom stereocenters. The van der Waals surface area contributed by atoms with E-state index in [2.05, 4.69) is 16.4 Å². The maximum absolute atomic E-state index is 14.3. The molecule has 1 aliphatic carbocycles. The molecule has 3 saturated heterocycles. The van der Waals surface area contributed by atoms with Crippen molar-refractivity contribution in [3.05, 3.63) is 64.8 Å². The van der Waals surface area contributed by atoms with E-state index in [9.17, 15) is 33.1 Å². The molecule has 4 aliphatic rings. The quantitative estimate of drug-likeness (QED) is 0.317. The van der Waals surface area contributed by atoms with Crippen molar-refractivity contribution < 1.29 is 33.1 Å². The minimum Gasteiger partial charge on any atom is -0.340 e. The SMILES string of the molecule is O=C(NC1CCCC[C@H]2CC[C@@H](C(=O)N3C[C@H](c4cccnc4)CC34CC4)N2C1=O)c1cc2cc([C@H](F)P(=O)(O)O)ccc2s1. The Balaban J connectivity index is 1.08. The Labute approximate surface area is 264 Å². The topological polar surface area (TPSA) is 140 Å². The van der Waals surface area contributed by atoms with E-state index in [1.54, 1.807) is 17.2 Å². The van der Waals surface area contributed by atoms with Gasteiger partial charge in [0.25, 0.3) is 5.91 Å². The van der Waals surface area contributed by atoms with Gasteiger partial charge in [0.05, 0.1) is 4.88 Å². The number of nitrogens with zero attached hydrogens (tertiary/aromatic N) is 3. The molecule has 3 N–H and O–H groups in total. The van der Waals surface area contributed by atoms with E-state index in [1.165, 1.54) is 18.2 Å². The van der Waals surface area contributed by atoms with Crippen LogP contribution in [-0.2, 0) is 14.2 Å². The molecule has 4 fully saturated rings. The van der Waals surface area contributed by atoms with Crippen LogP contribution in [0.15, 0.2) is 48.8 Å². The Morgan fingerprint density at radius 3 is 2.64 bits per heavy atom. The largest absolute Gasteiger partial charge is 0.363 e. The number of nitrogens with one attached hydrogen (secondary N) is 1. The molecule has 45 heavy (non-hydrogen) atoms. The molecule has 3 aromatic rings. The van der Waals surface area contributed by atoms with Gasteiger partial charge in [-0.25, -0.2) is 4.39 Å². The maximum atomic E-state index is 14.3. The average Bonchev–Trinajstić information content (AvgIpc) is 3.33.